The second-order valence-electron chi connectivity index (χ2n) is 3.87. The van der Waals surface area contributed by atoms with Crippen LogP contribution >= 0.6 is 0 Å². The second kappa shape index (κ2) is 10.1. The van der Waals surface area contributed by atoms with Crippen molar-refractivity contribution in [2.75, 3.05) is 13.2 Å². The van der Waals surface area contributed by atoms with Gasteiger partial charge in [-0.15, -0.1) is 0 Å². The van der Waals surface area contributed by atoms with Gasteiger partial charge in [-0.2, -0.15) is 0 Å². The summed E-state index contributed by atoms with van der Waals surface area (Å²) in [5.41, 5.74) is 0.176. The van der Waals surface area contributed by atoms with Crippen LogP contribution < -0.4 is 4.74 Å². The third-order valence-electron chi connectivity index (χ3n) is 2.04. The van der Waals surface area contributed by atoms with Gasteiger partial charge in [0.2, 0.25) is 0 Å². The van der Waals surface area contributed by atoms with Crippen molar-refractivity contribution in [2.45, 2.75) is 19.4 Å². The molecule has 0 radical (unpaired) electrons. The first-order chi connectivity index (χ1) is 8.97. The molecular weight excluding hydrogens is 248 g/mol. The number of aliphatic carboxylic acids is 1. The number of benzene rings is 1. The van der Waals surface area contributed by atoms with Gasteiger partial charge in [0, 0.05) is 12.0 Å². The molecule has 0 spiro atoms. The van der Waals surface area contributed by atoms with Crippen LogP contribution in [0.2, 0.25) is 0 Å². The van der Waals surface area contributed by atoms with Crippen LogP contribution in [0.15, 0.2) is 42.5 Å². The summed E-state index contributed by atoms with van der Waals surface area (Å²) >= 11 is 0. The Hall–Kier alpha value is -1.85. The van der Waals surface area contributed by atoms with Gasteiger partial charge in [0.05, 0.1) is 19.3 Å². The quantitative estimate of drug-likeness (QED) is 0.680. The van der Waals surface area contributed by atoms with Crippen molar-refractivity contribution in [1.82, 2.24) is 0 Å². The lowest BCUT2D eigenvalue weighted by molar-refractivity contribution is -0.132. The van der Waals surface area contributed by atoms with Crippen molar-refractivity contribution in [1.29, 1.82) is 0 Å². The highest BCUT2D eigenvalue weighted by Crippen LogP contribution is 2.08. The van der Waals surface area contributed by atoms with Crippen LogP contribution in [0.4, 0.5) is 0 Å². The van der Waals surface area contributed by atoms with Crippen molar-refractivity contribution < 1.29 is 24.9 Å². The van der Waals surface area contributed by atoms with Gasteiger partial charge in [-0.1, -0.05) is 24.8 Å². The van der Waals surface area contributed by atoms with Gasteiger partial charge < -0.3 is 20.1 Å². The molecular formula is C14H20O5. The summed E-state index contributed by atoms with van der Waals surface area (Å²) in [6.07, 6.45) is -0.227. The zero-order valence-corrected chi connectivity index (χ0v) is 11.0. The number of rotatable bonds is 6. The molecule has 1 aromatic rings. The predicted molar refractivity (Wildman–Crippen MR) is 72.1 cm³/mol. The molecule has 0 aliphatic rings. The van der Waals surface area contributed by atoms with Gasteiger partial charge in [0.15, 0.2) is 0 Å². The average Bonchev–Trinajstić information content (AvgIpc) is 2.40. The Morgan fingerprint density at radius 2 is 1.89 bits per heavy atom. The Bertz CT molecular complexity index is 363. The van der Waals surface area contributed by atoms with Crippen LogP contribution in [-0.2, 0) is 4.79 Å². The van der Waals surface area contributed by atoms with Crippen LogP contribution in [0.5, 0.6) is 5.75 Å². The van der Waals surface area contributed by atoms with E-state index in [-0.39, 0.29) is 12.2 Å². The fraction of sp³-hybridized carbons (Fsp3) is 0.357. The lowest BCUT2D eigenvalue weighted by atomic mass is 10.3. The first kappa shape index (κ1) is 17.2. The van der Waals surface area contributed by atoms with Crippen molar-refractivity contribution in [3.63, 3.8) is 0 Å². The topological polar surface area (TPSA) is 87.0 Å². The molecule has 0 bridgehead atoms. The molecule has 0 fully saturated rings. The maximum absolute atomic E-state index is 9.60. The number of carbonyl (C=O) groups is 1. The maximum atomic E-state index is 9.60. The molecule has 0 aliphatic heterocycles. The smallest absolute Gasteiger partial charge is 0.330 e. The van der Waals surface area contributed by atoms with Crippen LogP contribution in [0.25, 0.3) is 0 Å². The summed E-state index contributed by atoms with van der Waals surface area (Å²) in [5.74, 6) is -0.150. The monoisotopic (exact) mass is 268 g/mol. The summed E-state index contributed by atoms with van der Waals surface area (Å²) < 4.78 is 5.31. The molecule has 106 valence electrons. The van der Waals surface area contributed by atoms with Crippen molar-refractivity contribution in [2.24, 2.45) is 0 Å². The minimum absolute atomic E-state index is 0.176. The molecule has 5 heteroatoms. The zero-order chi connectivity index (χ0) is 14.7. The van der Waals surface area contributed by atoms with Gasteiger partial charge in [-0.3, -0.25) is 0 Å². The highest BCUT2D eigenvalue weighted by atomic mass is 16.5. The lowest BCUT2D eigenvalue weighted by Gasteiger charge is -2.08. The lowest BCUT2D eigenvalue weighted by Crippen LogP contribution is -2.15. The standard InChI is InChI=1S/C10H14O3.C4H6O2/c11-8-9(12)6-7-13-10-4-2-1-3-5-10;1-3(2)4(5)6/h1-5,9,11-12H,6-8H2;1H2,2H3,(H,5,6). The molecule has 5 nitrogen and oxygen atoms in total. The van der Waals surface area contributed by atoms with Gasteiger partial charge in [-0.05, 0) is 19.1 Å². The minimum atomic E-state index is -0.935. The number of aliphatic hydroxyl groups excluding tert-OH is 2. The molecule has 0 amide bonds. The summed E-state index contributed by atoms with van der Waals surface area (Å²) in [5, 5.41) is 25.4. The molecule has 1 atom stereocenters. The third-order valence-corrected chi connectivity index (χ3v) is 2.04. The van der Waals surface area contributed by atoms with E-state index in [9.17, 15) is 4.79 Å². The Balaban J connectivity index is 0.000000459. The first-order valence-electron chi connectivity index (χ1n) is 5.83. The Morgan fingerprint density at radius 1 is 1.37 bits per heavy atom. The molecule has 0 aromatic heterocycles. The summed E-state index contributed by atoms with van der Waals surface area (Å²) in [6, 6.07) is 9.39. The van der Waals surface area contributed by atoms with Gasteiger partial charge >= 0.3 is 5.97 Å². The van der Waals surface area contributed by atoms with E-state index in [1.807, 2.05) is 30.3 Å². The van der Waals surface area contributed by atoms with E-state index in [4.69, 9.17) is 20.1 Å². The normalized spacial score (nSPS) is 10.9. The highest BCUT2D eigenvalue weighted by molar-refractivity contribution is 5.84. The van der Waals surface area contributed by atoms with E-state index in [2.05, 4.69) is 6.58 Å². The van der Waals surface area contributed by atoms with Gasteiger partial charge in [-0.25, -0.2) is 4.79 Å². The average molecular weight is 268 g/mol. The van der Waals surface area contributed by atoms with E-state index in [0.717, 1.165) is 5.75 Å². The fourth-order valence-electron chi connectivity index (χ4n) is 0.921. The molecule has 1 unspecified atom stereocenters. The minimum Gasteiger partial charge on any atom is -0.493 e. The Kier molecular flexibility index (Phi) is 9.12. The van der Waals surface area contributed by atoms with Gasteiger partial charge in [0.25, 0.3) is 0 Å². The molecule has 0 aliphatic carbocycles. The second-order valence-corrected chi connectivity index (χ2v) is 3.87. The number of para-hydroxylation sites is 1. The number of hydrogen-bond donors (Lipinski definition) is 3. The summed E-state index contributed by atoms with van der Waals surface area (Å²) in [6.45, 7) is 4.81. The Labute approximate surface area is 112 Å². The van der Waals surface area contributed by atoms with E-state index in [1.54, 1.807) is 0 Å². The molecule has 19 heavy (non-hydrogen) atoms. The fourth-order valence-corrected chi connectivity index (χ4v) is 0.921. The number of carboxylic acid groups (broad SMARTS) is 1. The van der Waals surface area contributed by atoms with Crippen molar-refractivity contribution >= 4 is 5.97 Å². The van der Waals surface area contributed by atoms with E-state index < -0.39 is 12.1 Å². The van der Waals surface area contributed by atoms with Crippen LogP contribution in [0, 0.1) is 0 Å². The van der Waals surface area contributed by atoms with Crippen LogP contribution in [0.3, 0.4) is 0 Å². The third kappa shape index (κ3) is 9.82. The SMILES string of the molecule is C=C(C)C(=O)O.OCC(O)CCOc1ccccc1. The molecule has 0 heterocycles. The predicted octanol–water partition coefficient (Wildman–Crippen LogP) is 1.46. The summed E-state index contributed by atoms with van der Waals surface area (Å²) in [4.78, 5) is 9.60. The molecule has 3 N–H and O–H groups in total. The largest absolute Gasteiger partial charge is 0.493 e. The van der Waals surface area contributed by atoms with E-state index in [1.165, 1.54) is 6.92 Å². The van der Waals surface area contributed by atoms with Crippen molar-refractivity contribution in [3.05, 3.63) is 42.5 Å². The number of carboxylic acids is 1. The Morgan fingerprint density at radius 3 is 2.32 bits per heavy atom. The molecule has 0 saturated heterocycles. The summed E-state index contributed by atoms with van der Waals surface area (Å²) in [7, 11) is 0. The first-order valence-corrected chi connectivity index (χ1v) is 5.83. The molecule has 0 saturated carbocycles. The maximum Gasteiger partial charge on any atom is 0.330 e. The number of ether oxygens (including phenoxy) is 1. The number of hydrogen-bond acceptors (Lipinski definition) is 4. The zero-order valence-electron chi connectivity index (χ0n) is 11.0. The van der Waals surface area contributed by atoms with E-state index in [0.29, 0.717) is 13.0 Å². The molecule has 1 aromatic carbocycles. The van der Waals surface area contributed by atoms with Crippen molar-refractivity contribution in [3.8, 4) is 5.75 Å². The van der Waals surface area contributed by atoms with Crippen LogP contribution in [-0.4, -0.2) is 40.6 Å². The van der Waals surface area contributed by atoms with Crippen LogP contribution in [0.1, 0.15) is 13.3 Å². The van der Waals surface area contributed by atoms with Gasteiger partial charge in [0.1, 0.15) is 5.75 Å². The number of aliphatic hydroxyl groups is 2. The highest BCUT2D eigenvalue weighted by Gasteiger charge is 2.01. The van der Waals surface area contributed by atoms with E-state index >= 15 is 0 Å². The molecule has 1 rings (SSSR count).